The Bertz CT molecular complexity index is 456. The topological polar surface area (TPSA) is 66.8 Å². The summed E-state index contributed by atoms with van der Waals surface area (Å²) in [7, 11) is 1.51. The van der Waals surface area contributed by atoms with Crippen LogP contribution >= 0.6 is 0 Å². The minimum Gasteiger partial charge on any atom is -0.496 e. The van der Waals surface area contributed by atoms with E-state index < -0.39 is 6.10 Å². The molecule has 1 atom stereocenters. The first-order valence-corrected chi connectivity index (χ1v) is 5.77. The monoisotopic (exact) mass is 249 g/mol. The molecular weight excluding hydrogens is 234 g/mol. The molecule has 0 aromatic heterocycles. The highest BCUT2D eigenvalue weighted by Crippen LogP contribution is 2.26. The van der Waals surface area contributed by atoms with Crippen molar-refractivity contribution in [3.63, 3.8) is 0 Å². The number of amides is 2. The van der Waals surface area contributed by atoms with Crippen LogP contribution < -0.4 is 4.74 Å². The molecule has 1 aliphatic heterocycles. The molecule has 0 spiro atoms. The molecule has 0 aliphatic carbocycles. The van der Waals surface area contributed by atoms with Gasteiger partial charge in [0, 0.05) is 18.4 Å². The van der Waals surface area contributed by atoms with Crippen molar-refractivity contribution in [1.82, 2.24) is 4.90 Å². The molecule has 1 fully saturated rings. The minimum absolute atomic E-state index is 0.0158. The minimum atomic E-state index is -0.924. The molecule has 5 heteroatoms. The normalized spacial score (nSPS) is 17.1. The number of hydrogen-bond acceptors (Lipinski definition) is 4. The SMILES string of the molecule is COc1ccccc1C(O)CN1C(=O)CCC1=O. The van der Waals surface area contributed by atoms with Gasteiger partial charge >= 0.3 is 0 Å². The average Bonchev–Trinajstić information content (AvgIpc) is 2.70. The highest BCUT2D eigenvalue weighted by atomic mass is 16.5. The van der Waals surface area contributed by atoms with Gasteiger partial charge in [-0.05, 0) is 6.07 Å². The Morgan fingerprint density at radius 1 is 1.28 bits per heavy atom. The number of carbonyl (C=O) groups excluding carboxylic acids is 2. The smallest absolute Gasteiger partial charge is 0.229 e. The second kappa shape index (κ2) is 5.18. The zero-order chi connectivity index (χ0) is 13.1. The van der Waals surface area contributed by atoms with Gasteiger partial charge in [-0.3, -0.25) is 14.5 Å². The molecule has 2 rings (SSSR count). The molecule has 1 aromatic rings. The predicted octanol–water partition coefficient (Wildman–Crippen LogP) is 0.878. The Kier molecular flexibility index (Phi) is 3.62. The molecule has 2 amide bonds. The summed E-state index contributed by atoms with van der Waals surface area (Å²) < 4.78 is 5.14. The molecule has 1 N–H and O–H groups in total. The van der Waals surface area contributed by atoms with E-state index in [1.54, 1.807) is 24.3 Å². The summed E-state index contributed by atoms with van der Waals surface area (Å²) >= 11 is 0. The molecule has 0 radical (unpaired) electrons. The summed E-state index contributed by atoms with van der Waals surface area (Å²) in [4.78, 5) is 24.0. The van der Waals surface area contributed by atoms with Crippen LogP contribution in [-0.4, -0.2) is 35.5 Å². The largest absolute Gasteiger partial charge is 0.496 e. The van der Waals surface area contributed by atoms with E-state index in [4.69, 9.17) is 4.74 Å². The van der Waals surface area contributed by atoms with Crippen LogP contribution in [0.2, 0.25) is 0 Å². The number of methoxy groups -OCH3 is 1. The van der Waals surface area contributed by atoms with Gasteiger partial charge in [0.1, 0.15) is 11.9 Å². The third-order valence-electron chi connectivity index (χ3n) is 3.01. The van der Waals surface area contributed by atoms with Crippen molar-refractivity contribution in [2.45, 2.75) is 18.9 Å². The highest BCUT2D eigenvalue weighted by molar-refractivity contribution is 6.01. The number of nitrogens with zero attached hydrogens (tertiary/aromatic N) is 1. The number of benzene rings is 1. The van der Waals surface area contributed by atoms with Crippen LogP contribution in [0.4, 0.5) is 0 Å². The molecule has 96 valence electrons. The van der Waals surface area contributed by atoms with Gasteiger partial charge < -0.3 is 9.84 Å². The molecule has 1 saturated heterocycles. The van der Waals surface area contributed by atoms with Crippen molar-refractivity contribution in [2.24, 2.45) is 0 Å². The maximum absolute atomic E-state index is 11.5. The maximum atomic E-state index is 11.5. The van der Waals surface area contributed by atoms with Gasteiger partial charge in [0.2, 0.25) is 11.8 Å². The van der Waals surface area contributed by atoms with E-state index in [2.05, 4.69) is 0 Å². The first-order valence-electron chi connectivity index (χ1n) is 5.77. The van der Waals surface area contributed by atoms with E-state index in [0.29, 0.717) is 11.3 Å². The Morgan fingerprint density at radius 2 is 1.89 bits per heavy atom. The number of ether oxygens (including phenoxy) is 1. The van der Waals surface area contributed by atoms with Crippen LogP contribution in [0.1, 0.15) is 24.5 Å². The number of aliphatic hydroxyl groups excluding tert-OH is 1. The molecular formula is C13H15NO4. The Hall–Kier alpha value is -1.88. The molecule has 0 saturated carbocycles. The summed E-state index contributed by atoms with van der Waals surface area (Å²) in [5, 5.41) is 10.1. The molecule has 1 heterocycles. The molecule has 1 aliphatic rings. The standard InChI is InChI=1S/C13H15NO4/c1-18-11-5-3-2-4-9(11)10(15)8-14-12(16)6-7-13(14)17/h2-5,10,15H,6-8H2,1H3. The third kappa shape index (κ3) is 2.36. The number of imide groups is 1. The van der Waals surface area contributed by atoms with Gasteiger partial charge in [0.15, 0.2) is 0 Å². The van der Waals surface area contributed by atoms with Crippen LogP contribution in [0.5, 0.6) is 5.75 Å². The molecule has 1 unspecified atom stereocenters. The van der Waals surface area contributed by atoms with Crippen molar-refractivity contribution in [3.8, 4) is 5.75 Å². The first-order chi connectivity index (χ1) is 8.63. The number of aliphatic hydroxyl groups is 1. The predicted molar refractivity (Wildman–Crippen MR) is 63.9 cm³/mol. The number of β-amino-alcohol motifs (C(OH)–C–C–N with tert-alkyl or cyclic N) is 1. The number of para-hydroxylation sites is 1. The van der Waals surface area contributed by atoms with Gasteiger partial charge in [-0.2, -0.15) is 0 Å². The average molecular weight is 249 g/mol. The van der Waals surface area contributed by atoms with Crippen LogP contribution in [0.3, 0.4) is 0 Å². The van der Waals surface area contributed by atoms with E-state index >= 15 is 0 Å². The van der Waals surface area contributed by atoms with Gasteiger partial charge in [-0.15, -0.1) is 0 Å². The second-order valence-electron chi connectivity index (χ2n) is 4.16. The molecule has 5 nitrogen and oxygen atoms in total. The maximum Gasteiger partial charge on any atom is 0.229 e. The van der Waals surface area contributed by atoms with E-state index in [1.807, 2.05) is 0 Å². The van der Waals surface area contributed by atoms with Crippen molar-refractivity contribution >= 4 is 11.8 Å². The fraction of sp³-hybridized carbons (Fsp3) is 0.385. The lowest BCUT2D eigenvalue weighted by Gasteiger charge is -2.20. The van der Waals surface area contributed by atoms with E-state index in [1.165, 1.54) is 7.11 Å². The van der Waals surface area contributed by atoms with Gasteiger partial charge in [0.05, 0.1) is 13.7 Å². The Morgan fingerprint density at radius 3 is 2.50 bits per heavy atom. The fourth-order valence-corrected chi connectivity index (χ4v) is 2.04. The van der Waals surface area contributed by atoms with Crippen molar-refractivity contribution < 1.29 is 19.4 Å². The van der Waals surface area contributed by atoms with Gasteiger partial charge in [-0.1, -0.05) is 18.2 Å². The lowest BCUT2D eigenvalue weighted by molar-refractivity contribution is -0.140. The second-order valence-corrected chi connectivity index (χ2v) is 4.16. The summed E-state index contributed by atoms with van der Waals surface area (Å²) in [5.41, 5.74) is 0.576. The summed E-state index contributed by atoms with van der Waals surface area (Å²) in [6.07, 6.45) is -0.457. The van der Waals surface area contributed by atoms with Gasteiger partial charge in [0.25, 0.3) is 0 Å². The Balaban J connectivity index is 2.14. The summed E-state index contributed by atoms with van der Waals surface area (Å²) in [6, 6.07) is 7.01. The van der Waals surface area contributed by atoms with E-state index in [0.717, 1.165) is 4.90 Å². The lowest BCUT2D eigenvalue weighted by atomic mass is 10.1. The summed E-state index contributed by atoms with van der Waals surface area (Å²) in [5.74, 6) is 0.0898. The van der Waals surface area contributed by atoms with Crippen LogP contribution in [0.25, 0.3) is 0 Å². The molecule has 18 heavy (non-hydrogen) atoms. The van der Waals surface area contributed by atoms with Crippen molar-refractivity contribution in [2.75, 3.05) is 13.7 Å². The van der Waals surface area contributed by atoms with E-state index in [9.17, 15) is 14.7 Å². The quantitative estimate of drug-likeness (QED) is 0.804. The van der Waals surface area contributed by atoms with Crippen LogP contribution in [0.15, 0.2) is 24.3 Å². The lowest BCUT2D eigenvalue weighted by Crippen LogP contribution is -2.33. The summed E-state index contributed by atoms with van der Waals surface area (Å²) in [6.45, 7) is -0.0158. The number of likely N-dealkylation sites (tertiary alicyclic amines) is 1. The fourth-order valence-electron chi connectivity index (χ4n) is 2.04. The number of rotatable bonds is 4. The number of carbonyl (C=O) groups is 2. The Labute approximate surface area is 105 Å². The molecule has 0 bridgehead atoms. The van der Waals surface area contributed by atoms with Crippen molar-refractivity contribution in [3.05, 3.63) is 29.8 Å². The van der Waals surface area contributed by atoms with Crippen LogP contribution in [-0.2, 0) is 9.59 Å². The van der Waals surface area contributed by atoms with Gasteiger partial charge in [-0.25, -0.2) is 0 Å². The zero-order valence-corrected chi connectivity index (χ0v) is 10.1. The number of hydrogen-bond donors (Lipinski definition) is 1. The zero-order valence-electron chi connectivity index (χ0n) is 10.1. The highest BCUT2D eigenvalue weighted by Gasteiger charge is 2.31. The van der Waals surface area contributed by atoms with Crippen molar-refractivity contribution in [1.29, 1.82) is 0 Å². The first kappa shape index (κ1) is 12.6. The van der Waals surface area contributed by atoms with E-state index in [-0.39, 0.29) is 31.2 Å². The third-order valence-corrected chi connectivity index (χ3v) is 3.01. The van der Waals surface area contributed by atoms with Crippen LogP contribution in [0, 0.1) is 0 Å². The molecule has 1 aromatic carbocycles.